The van der Waals surface area contributed by atoms with Crippen LogP contribution >= 0.6 is 15.9 Å². The Morgan fingerprint density at radius 3 is 2.88 bits per heavy atom. The second-order valence-electron chi connectivity index (χ2n) is 3.41. The summed E-state index contributed by atoms with van der Waals surface area (Å²) in [5.74, 6) is -0.413. The van der Waals surface area contributed by atoms with E-state index in [0.717, 1.165) is 0 Å². The predicted molar refractivity (Wildman–Crippen MR) is 65.3 cm³/mol. The van der Waals surface area contributed by atoms with Crippen molar-refractivity contribution in [2.45, 2.75) is 13.0 Å². The smallest absolute Gasteiger partial charge is 0.339 e. The van der Waals surface area contributed by atoms with Crippen molar-refractivity contribution in [1.82, 2.24) is 0 Å². The zero-order valence-electron chi connectivity index (χ0n) is 9.20. The lowest BCUT2D eigenvalue weighted by molar-refractivity contribution is 0.0119. The zero-order chi connectivity index (χ0) is 12.1. The van der Waals surface area contributed by atoms with Gasteiger partial charge in [0.15, 0.2) is 0 Å². The first-order valence-corrected chi connectivity index (χ1v) is 5.59. The molecule has 0 amide bonds. The van der Waals surface area contributed by atoms with Crippen molar-refractivity contribution in [3.05, 3.63) is 28.2 Å². The first-order valence-electron chi connectivity index (χ1n) is 4.79. The van der Waals surface area contributed by atoms with E-state index in [1.165, 1.54) is 0 Å². The average molecular weight is 288 g/mol. The molecule has 0 bridgehead atoms. The number of anilines is 1. The van der Waals surface area contributed by atoms with Crippen LogP contribution in [0.5, 0.6) is 0 Å². The number of esters is 1. The maximum Gasteiger partial charge on any atom is 0.339 e. The topological polar surface area (TPSA) is 61.5 Å². The molecule has 2 N–H and O–H groups in total. The minimum Gasteiger partial charge on any atom is -0.457 e. The highest BCUT2D eigenvalue weighted by molar-refractivity contribution is 9.10. The standard InChI is InChI=1S/C11H14BrNO3/c1-7(6-15-2)16-11(14)9-5-8(13)3-4-10(9)12/h3-5,7H,6,13H2,1-2H3. The summed E-state index contributed by atoms with van der Waals surface area (Å²) < 4.78 is 10.7. The third-order valence-corrected chi connectivity index (χ3v) is 2.61. The van der Waals surface area contributed by atoms with Gasteiger partial charge >= 0.3 is 5.97 Å². The van der Waals surface area contributed by atoms with E-state index in [-0.39, 0.29) is 6.10 Å². The van der Waals surface area contributed by atoms with E-state index in [2.05, 4.69) is 15.9 Å². The highest BCUT2D eigenvalue weighted by Gasteiger charge is 2.15. The highest BCUT2D eigenvalue weighted by atomic mass is 79.9. The van der Waals surface area contributed by atoms with Gasteiger partial charge in [-0.05, 0) is 41.1 Å². The molecule has 0 radical (unpaired) electrons. The summed E-state index contributed by atoms with van der Waals surface area (Å²) in [5, 5.41) is 0. The first-order chi connectivity index (χ1) is 7.54. The Labute approximate surface area is 103 Å². The van der Waals surface area contributed by atoms with Crippen molar-refractivity contribution in [2.24, 2.45) is 0 Å². The van der Waals surface area contributed by atoms with Crippen molar-refractivity contribution in [1.29, 1.82) is 0 Å². The maximum atomic E-state index is 11.7. The van der Waals surface area contributed by atoms with E-state index in [4.69, 9.17) is 15.2 Å². The Morgan fingerprint density at radius 2 is 2.25 bits per heavy atom. The number of rotatable bonds is 4. The number of halogens is 1. The van der Waals surface area contributed by atoms with Crippen LogP contribution in [0.2, 0.25) is 0 Å². The minimum absolute atomic E-state index is 0.286. The van der Waals surface area contributed by atoms with Crippen molar-refractivity contribution in [2.75, 3.05) is 19.5 Å². The summed E-state index contributed by atoms with van der Waals surface area (Å²) >= 11 is 3.27. The Bertz CT molecular complexity index is 381. The molecular formula is C11H14BrNO3. The van der Waals surface area contributed by atoms with Crippen LogP contribution in [-0.4, -0.2) is 25.8 Å². The summed E-state index contributed by atoms with van der Waals surface area (Å²) in [6, 6.07) is 5.00. The Hall–Kier alpha value is -1.07. The Kier molecular flexibility index (Phi) is 4.76. The monoisotopic (exact) mass is 287 g/mol. The zero-order valence-corrected chi connectivity index (χ0v) is 10.8. The molecule has 1 aromatic carbocycles. The SMILES string of the molecule is COCC(C)OC(=O)c1cc(N)ccc1Br. The minimum atomic E-state index is -0.413. The van der Waals surface area contributed by atoms with Gasteiger partial charge in [0.05, 0.1) is 12.2 Å². The molecule has 0 saturated carbocycles. The summed E-state index contributed by atoms with van der Waals surface area (Å²) in [6.07, 6.45) is -0.286. The summed E-state index contributed by atoms with van der Waals surface area (Å²) in [7, 11) is 1.56. The number of carbonyl (C=O) groups excluding carboxylic acids is 1. The average Bonchev–Trinajstić information content (AvgIpc) is 2.21. The number of benzene rings is 1. The number of carbonyl (C=O) groups is 1. The van der Waals surface area contributed by atoms with Crippen molar-refractivity contribution in [3.63, 3.8) is 0 Å². The largest absolute Gasteiger partial charge is 0.457 e. The van der Waals surface area contributed by atoms with Gasteiger partial charge in [-0.15, -0.1) is 0 Å². The quantitative estimate of drug-likeness (QED) is 0.681. The molecule has 1 rings (SSSR count). The van der Waals surface area contributed by atoms with E-state index in [1.807, 2.05) is 0 Å². The first kappa shape index (κ1) is 13.0. The molecule has 0 heterocycles. The number of methoxy groups -OCH3 is 1. The number of hydrogen-bond acceptors (Lipinski definition) is 4. The molecule has 0 saturated heterocycles. The second kappa shape index (κ2) is 5.86. The van der Waals surface area contributed by atoms with Gasteiger partial charge in [0.25, 0.3) is 0 Å². The third-order valence-electron chi connectivity index (χ3n) is 1.92. The van der Waals surface area contributed by atoms with Gasteiger partial charge < -0.3 is 15.2 Å². The van der Waals surface area contributed by atoms with E-state index in [0.29, 0.717) is 22.3 Å². The van der Waals surface area contributed by atoms with Gasteiger partial charge in [-0.2, -0.15) is 0 Å². The van der Waals surface area contributed by atoms with Gasteiger partial charge in [0, 0.05) is 17.3 Å². The molecule has 0 aliphatic heterocycles. The van der Waals surface area contributed by atoms with Gasteiger partial charge in [-0.1, -0.05) is 0 Å². The molecule has 16 heavy (non-hydrogen) atoms. The second-order valence-corrected chi connectivity index (χ2v) is 4.26. The molecule has 0 aliphatic carbocycles. The van der Waals surface area contributed by atoms with E-state index in [9.17, 15) is 4.79 Å². The fraction of sp³-hybridized carbons (Fsp3) is 0.364. The number of nitrogens with two attached hydrogens (primary N) is 1. The molecule has 1 unspecified atom stereocenters. The third kappa shape index (κ3) is 3.50. The van der Waals surface area contributed by atoms with Crippen LogP contribution in [0.15, 0.2) is 22.7 Å². The van der Waals surface area contributed by atoms with Gasteiger partial charge in [0.1, 0.15) is 6.10 Å². The van der Waals surface area contributed by atoms with E-state index in [1.54, 1.807) is 32.2 Å². The maximum absolute atomic E-state index is 11.7. The van der Waals surface area contributed by atoms with Crippen molar-refractivity contribution < 1.29 is 14.3 Å². The lowest BCUT2D eigenvalue weighted by atomic mass is 10.2. The summed E-state index contributed by atoms with van der Waals surface area (Å²) in [4.78, 5) is 11.7. The summed E-state index contributed by atoms with van der Waals surface area (Å²) in [5.41, 5.74) is 6.54. The normalized spacial score (nSPS) is 12.2. The lowest BCUT2D eigenvalue weighted by Gasteiger charge is -2.13. The molecule has 4 nitrogen and oxygen atoms in total. The Morgan fingerprint density at radius 1 is 1.56 bits per heavy atom. The number of nitrogen functional groups attached to an aromatic ring is 1. The predicted octanol–water partition coefficient (Wildman–Crippen LogP) is 2.22. The van der Waals surface area contributed by atoms with Crippen molar-refractivity contribution in [3.8, 4) is 0 Å². The van der Waals surface area contributed by atoms with Crippen LogP contribution < -0.4 is 5.73 Å². The lowest BCUT2D eigenvalue weighted by Crippen LogP contribution is -2.20. The Balaban J connectivity index is 2.76. The molecule has 1 atom stereocenters. The van der Waals surface area contributed by atoms with Crippen LogP contribution in [0.3, 0.4) is 0 Å². The molecule has 5 heteroatoms. The van der Waals surface area contributed by atoms with Gasteiger partial charge in [-0.25, -0.2) is 4.79 Å². The van der Waals surface area contributed by atoms with Crippen molar-refractivity contribution >= 4 is 27.6 Å². The van der Waals surface area contributed by atoms with E-state index >= 15 is 0 Å². The molecule has 0 aliphatic rings. The van der Waals surface area contributed by atoms with Gasteiger partial charge in [0.2, 0.25) is 0 Å². The number of hydrogen-bond donors (Lipinski definition) is 1. The van der Waals surface area contributed by atoms with Crippen LogP contribution in [0.4, 0.5) is 5.69 Å². The van der Waals surface area contributed by atoms with Crippen LogP contribution in [-0.2, 0) is 9.47 Å². The highest BCUT2D eigenvalue weighted by Crippen LogP contribution is 2.20. The van der Waals surface area contributed by atoms with Crippen LogP contribution in [0, 0.1) is 0 Å². The number of ether oxygens (including phenoxy) is 2. The van der Waals surface area contributed by atoms with E-state index < -0.39 is 5.97 Å². The van der Waals surface area contributed by atoms with Crippen LogP contribution in [0.1, 0.15) is 17.3 Å². The molecule has 1 aromatic rings. The van der Waals surface area contributed by atoms with Gasteiger partial charge in [-0.3, -0.25) is 0 Å². The molecule has 0 spiro atoms. The van der Waals surface area contributed by atoms with Crippen LogP contribution in [0.25, 0.3) is 0 Å². The molecule has 0 fully saturated rings. The molecule has 88 valence electrons. The fourth-order valence-electron chi connectivity index (χ4n) is 1.21. The fourth-order valence-corrected chi connectivity index (χ4v) is 1.62. The molecule has 0 aromatic heterocycles. The molecular weight excluding hydrogens is 274 g/mol. The summed E-state index contributed by atoms with van der Waals surface area (Å²) in [6.45, 7) is 2.13.